The number of aliphatic hydroxyl groups excluding tert-OH is 1. The van der Waals surface area contributed by atoms with Crippen LogP contribution in [-0.2, 0) is 6.54 Å². The van der Waals surface area contributed by atoms with Gasteiger partial charge in [0, 0.05) is 46.0 Å². The second-order valence-electron chi connectivity index (χ2n) is 9.03. The number of amides is 1. The maximum absolute atomic E-state index is 13.4. The second kappa shape index (κ2) is 9.73. The van der Waals surface area contributed by atoms with Gasteiger partial charge in [-0.2, -0.15) is 0 Å². The van der Waals surface area contributed by atoms with E-state index in [1.54, 1.807) is 6.20 Å². The van der Waals surface area contributed by atoms with Crippen LogP contribution >= 0.6 is 11.8 Å². The summed E-state index contributed by atoms with van der Waals surface area (Å²) >= 11 is 1.50. The molecule has 3 aromatic rings. The molecule has 4 rings (SSSR count). The van der Waals surface area contributed by atoms with Gasteiger partial charge in [0.2, 0.25) is 0 Å². The van der Waals surface area contributed by atoms with Gasteiger partial charge in [0.15, 0.2) is 0 Å². The van der Waals surface area contributed by atoms with Crippen LogP contribution in [0.25, 0.3) is 11.0 Å². The summed E-state index contributed by atoms with van der Waals surface area (Å²) < 4.78 is 2.18. The Kier molecular flexibility index (Phi) is 6.95. The molecule has 1 amide bonds. The molecule has 7 nitrogen and oxygen atoms in total. The number of aliphatic hydroxyl groups is 1. The Morgan fingerprint density at radius 1 is 1.33 bits per heavy atom. The molecular weight excluding hydrogens is 436 g/mol. The molecule has 0 radical (unpaired) electrons. The molecule has 0 bridgehead atoms. The maximum atomic E-state index is 13.4. The average Bonchev–Trinajstić information content (AvgIpc) is 3.09. The minimum Gasteiger partial charge on any atom is -0.393 e. The fraction of sp³-hybridized carbons (Fsp3) is 0.480. The first-order chi connectivity index (χ1) is 15.8. The summed E-state index contributed by atoms with van der Waals surface area (Å²) in [6.45, 7) is 6.16. The minimum absolute atomic E-state index is 0.160. The van der Waals surface area contributed by atoms with Gasteiger partial charge in [-0.25, -0.2) is 4.98 Å². The van der Waals surface area contributed by atoms with Crippen molar-refractivity contribution in [2.75, 3.05) is 6.26 Å². The maximum Gasteiger partial charge on any atom is 0.254 e. The molecule has 33 heavy (non-hydrogen) atoms. The van der Waals surface area contributed by atoms with Crippen LogP contribution in [0.3, 0.4) is 0 Å². The molecule has 1 aliphatic carbocycles. The second-order valence-corrected chi connectivity index (χ2v) is 9.87. The molecular formula is C25H32N4O3S. The molecule has 3 N–H and O–H groups in total. The number of rotatable bonds is 6. The van der Waals surface area contributed by atoms with Gasteiger partial charge >= 0.3 is 0 Å². The van der Waals surface area contributed by atoms with Crippen molar-refractivity contribution in [3.8, 4) is 0 Å². The van der Waals surface area contributed by atoms with Gasteiger partial charge < -0.3 is 20.0 Å². The predicted octanol–water partition coefficient (Wildman–Crippen LogP) is 4.11. The van der Waals surface area contributed by atoms with Crippen LogP contribution in [0.1, 0.15) is 66.0 Å². The number of nitrogens with zero attached hydrogens (tertiary/aromatic N) is 2. The van der Waals surface area contributed by atoms with E-state index in [0.717, 1.165) is 53.0 Å². The standard InChI is InChI=1S/C25H32N4O3S/c1-14-12-21(33-4)20(24(31)28-14)13-27-25(32)22-16(3)29(23-19(22)6-5-11-26-23)15(2)17-7-9-18(30)10-8-17/h5-6,11-12,15,17-18,30H,7-10,13H2,1-4H3,(H,27,32)(H,28,31)/t15-,17?,18?/m1/s1. The van der Waals surface area contributed by atoms with Crippen LogP contribution in [0.5, 0.6) is 0 Å². The van der Waals surface area contributed by atoms with E-state index < -0.39 is 0 Å². The van der Waals surface area contributed by atoms with E-state index in [1.807, 2.05) is 38.3 Å². The number of nitrogens with one attached hydrogen (secondary N) is 2. The molecule has 1 aliphatic rings. The summed E-state index contributed by atoms with van der Waals surface area (Å²) in [4.78, 5) is 34.2. The van der Waals surface area contributed by atoms with Crippen LogP contribution in [0.15, 0.2) is 34.1 Å². The average molecular weight is 469 g/mol. The molecule has 0 unspecified atom stereocenters. The Morgan fingerprint density at radius 2 is 2.06 bits per heavy atom. The van der Waals surface area contributed by atoms with E-state index in [2.05, 4.69) is 26.8 Å². The fourth-order valence-corrected chi connectivity index (χ4v) is 5.84. The molecule has 8 heteroatoms. The number of fused-ring (bicyclic) bond motifs is 1. The summed E-state index contributed by atoms with van der Waals surface area (Å²) in [5, 5.41) is 13.7. The number of thioether (sulfide) groups is 1. The summed E-state index contributed by atoms with van der Waals surface area (Å²) in [5.41, 5.74) is 3.48. The number of aromatic amines is 1. The molecule has 1 saturated carbocycles. The highest BCUT2D eigenvalue weighted by Gasteiger charge is 2.29. The topological polar surface area (TPSA) is 100 Å². The predicted molar refractivity (Wildman–Crippen MR) is 132 cm³/mol. The number of H-pyrrole nitrogens is 1. The van der Waals surface area contributed by atoms with Crippen molar-refractivity contribution >= 4 is 28.7 Å². The summed E-state index contributed by atoms with van der Waals surface area (Å²) in [5.74, 6) is 0.221. The van der Waals surface area contributed by atoms with E-state index in [4.69, 9.17) is 0 Å². The van der Waals surface area contributed by atoms with Gasteiger partial charge in [-0.15, -0.1) is 11.8 Å². The molecule has 1 fully saturated rings. The van der Waals surface area contributed by atoms with Crippen LogP contribution in [-0.4, -0.2) is 37.9 Å². The van der Waals surface area contributed by atoms with Gasteiger partial charge in [-0.3, -0.25) is 9.59 Å². The van der Waals surface area contributed by atoms with Crippen LogP contribution < -0.4 is 10.9 Å². The molecule has 0 spiro atoms. The lowest BCUT2D eigenvalue weighted by Crippen LogP contribution is -2.28. The Labute approximate surface area is 198 Å². The highest BCUT2D eigenvalue weighted by atomic mass is 32.2. The van der Waals surface area contributed by atoms with E-state index in [1.165, 1.54) is 11.8 Å². The largest absolute Gasteiger partial charge is 0.393 e. The zero-order valence-corrected chi connectivity index (χ0v) is 20.5. The van der Waals surface area contributed by atoms with Crippen LogP contribution in [0.4, 0.5) is 0 Å². The third-order valence-electron chi connectivity index (χ3n) is 6.94. The minimum atomic E-state index is -0.206. The number of hydrogen-bond acceptors (Lipinski definition) is 5. The Balaban J connectivity index is 1.65. The van der Waals surface area contributed by atoms with E-state index in [-0.39, 0.29) is 30.2 Å². The monoisotopic (exact) mass is 468 g/mol. The van der Waals surface area contributed by atoms with Gasteiger partial charge in [-0.05, 0) is 76.8 Å². The summed E-state index contributed by atoms with van der Waals surface area (Å²) in [6, 6.07) is 5.88. The Bertz CT molecular complexity index is 1220. The lowest BCUT2D eigenvalue weighted by atomic mass is 9.83. The fourth-order valence-electron chi connectivity index (χ4n) is 5.13. The zero-order chi connectivity index (χ0) is 23.7. The normalized spacial score (nSPS) is 19.5. The smallest absolute Gasteiger partial charge is 0.254 e. The lowest BCUT2D eigenvalue weighted by Gasteiger charge is -2.32. The van der Waals surface area contributed by atoms with Gasteiger partial charge in [0.25, 0.3) is 11.5 Å². The number of pyridine rings is 2. The quantitative estimate of drug-likeness (QED) is 0.473. The van der Waals surface area contributed by atoms with Crippen molar-refractivity contribution in [3.63, 3.8) is 0 Å². The van der Waals surface area contributed by atoms with Crippen molar-refractivity contribution in [1.29, 1.82) is 0 Å². The number of carbonyl (C=O) groups excluding carboxylic acids is 1. The van der Waals surface area contributed by atoms with E-state index >= 15 is 0 Å². The first-order valence-electron chi connectivity index (χ1n) is 11.5. The number of aromatic nitrogens is 3. The van der Waals surface area contributed by atoms with Crippen LogP contribution in [0.2, 0.25) is 0 Å². The molecule has 1 atom stereocenters. The molecule has 176 valence electrons. The van der Waals surface area contributed by atoms with Crippen LogP contribution in [0, 0.1) is 19.8 Å². The van der Waals surface area contributed by atoms with Crippen molar-refractivity contribution in [2.24, 2.45) is 5.92 Å². The zero-order valence-electron chi connectivity index (χ0n) is 19.6. The van der Waals surface area contributed by atoms with Gasteiger partial charge in [0.05, 0.1) is 11.7 Å². The number of carbonyl (C=O) groups is 1. The first-order valence-corrected chi connectivity index (χ1v) is 12.7. The third kappa shape index (κ3) is 4.59. The first kappa shape index (κ1) is 23.6. The number of hydrogen-bond donors (Lipinski definition) is 3. The van der Waals surface area contributed by atoms with E-state index in [0.29, 0.717) is 17.0 Å². The highest BCUT2D eigenvalue weighted by Crippen LogP contribution is 2.37. The van der Waals surface area contributed by atoms with Crippen molar-refractivity contribution in [3.05, 3.63) is 57.3 Å². The summed E-state index contributed by atoms with van der Waals surface area (Å²) in [7, 11) is 0. The SMILES string of the molecule is CSc1cc(C)[nH]c(=O)c1CNC(=O)c1c(C)n([C@H](C)C2CCC(O)CC2)c2ncccc12. The summed E-state index contributed by atoms with van der Waals surface area (Å²) in [6.07, 6.45) is 7.04. The molecule has 0 aliphatic heterocycles. The number of aryl methyl sites for hydroxylation is 1. The van der Waals surface area contributed by atoms with Crippen molar-refractivity contribution in [1.82, 2.24) is 19.9 Å². The molecule has 0 aromatic carbocycles. The highest BCUT2D eigenvalue weighted by molar-refractivity contribution is 7.98. The Hall–Kier alpha value is -2.58. The molecule has 3 aromatic heterocycles. The van der Waals surface area contributed by atoms with Gasteiger partial charge in [-0.1, -0.05) is 0 Å². The lowest BCUT2D eigenvalue weighted by molar-refractivity contribution is 0.0945. The van der Waals surface area contributed by atoms with Gasteiger partial charge in [0.1, 0.15) is 5.65 Å². The molecule has 0 saturated heterocycles. The Morgan fingerprint density at radius 3 is 2.76 bits per heavy atom. The molecule has 3 heterocycles. The van der Waals surface area contributed by atoms with E-state index in [9.17, 15) is 14.7 Å². The van der Waals surface area contributed by atoms with Crippen molar-refractivity contribution < 1.29 is 9.90 Å². The third-order valence-corrected chi connectivity index (χ3v) is 7.74. The van der Waals surface area contributed by atoms with Crippen molar-refractivity contribution in [2.45, 2.75) is 70.0 Å².